The SMILES string of the molecule is NC(=O)Nc1ccc(OCC2COC(CCc3ccc(Cl)cc3)(Cn3ccnc3)O2)cc1. The van der Waals surface area contributed by atoms with E-state index in [-0.39, 0.29) is 6.10 Å². The highest BCUT2D eigenvalue weighted by atomic mass is 35.5. The molecule has 8 nitrogen and oxygen atoms in total. The van der Waals surface area contributed by atoms with Gasteiger partial charge in [-0.15, -0.1) is 0 Å². The zero-order valence-electron chi connectivity index (χ0n) is 17.4. The average Bonchev–Trinajstić information content (AvgIpc) is 3.43. The predicted octanol–water partition coefficient (Wildman–Crippen LogP) is 3.85. The number of hydrogen-bond donors (Lipinski definition) is 2. The molecule has 32 heavy (non-hydrogen) atoms. The molecule has 1 saturated heterocycles. The van der Waals surface area contributed by atoms with Gasteiger partial charge in [-0.1, -0.05) is 23.7 Å². The van der Waals surface area contributed by atoms with Gasteiger partial charge in [0.05, 0.1) is 19.5 Å². The Morgan fingerprint density at radius 3 is 2.72 bits per heavy atom. The first-order valence-corrected chi connectivity index (χ1v) is 10.7. The van der Waals surface area contributed by atoms with Crippen molar-refractivity contribution in [3.05, 3.63) is 77.8 Å². The average molecular weight is 457 g/mol. The number of primary amides is 1. The Hall–Kier alpha value is -3.07. The number of aromatic nitrogens is 2. The number of ether oxygens (including phenoxy) is 3. The molecule has 2 aromatic carbocycles. The van der Waals surface area contributed by atoms with Crippen molar-refractivity contribution in [2.45, 2.75) is 31.3 Å². The van der Waals surface area contributed by atoms with Crippen molar-refractivity contribution in [1.82, 2.24) is 9.55 Å². The van der Waals surface area contributed by atoms with Gasteiger partial charge < -0.3 is 29.8 Å². The fraction of sp³-hybridized carbons (Fsp3) is 0.304. The van der Waals surface area contributed by atoms with E-state index in [9.17, 15) is 4.79 Å². The van der Waals surface area contributed by atoms with Crippen LogP contribution in [0.25, 0.3) is 0 Å². The molecule has 1 aliphatic heterocycles. The largest absolute Gasteiger partial charge is 0.491 e. The van der Waals surface area contributed by atoms with E-state index in [0.29, 0.717) is 42.6 Å². The molecule has 168 valence electrons. The number of amides is 2. The summed E-state index contributed by atoms with van der Waals surface area (Å²) in [7, 11) is 0. The second-order valence-electron chi connectivity index (χ2n) is 7.65. The Morgan fingerprint density at radius 1 is 1.25 bits per heavy atom. The smallest absolute Gasteiger partial charge is 0.316 e. The summed E-state index contributed by atoms with van der Waals surface area (Å²) < 4.78 is 20.4. The van der Waals surface area contributed by atoms with Crippen LogP contribution >= 0.6 is 11.6 Å². The monoisotopic (exact) mass is 456 g/mol. The third kappa shape index (κ3) is 6.00. The van der Waals surface area contributed by atoms with E-state index >= 15 is 0 Å². The van der Waals surface area contributed by atoms with Gasteiger partial charge in [0.15, 0.2) is 5.79 Å². The maximum Gasteiger partial charge on any atom is 0.316 e. The Kier molecular flexibility index (Phi) is 6.94. The molecule has 2 amide bonds. The van der Waals surface area contributed by atoms with E-state index in [1.54, 1.807) is 36.8 Å². The number of halogens is 1. The Morgan fingerprint density at radius 2 is 2.03 bits per heavy atom. The molecular formula is C23H25ClN4O4. The van der Waals surface area contributed by atoms with Crippen LogP contribution in [-0.2, 0) is 22.4 Å². The minimum absolute atomic E-state index is 0.216. The number of benzene rings is 2. The molecule has 1 aliphatic rings. The number of rotatable bonds is 9. The molecule has 2 unspecified atom stereocenters. The molecule has 0 spiro atoms. The highest BCUT2D eigenvalue weighted by Gasteiger charge is 2.42. The maximum atomic E-state index is 10.9. The first-order valence-electron chi connectivity index (χ1n) is 10.3. The number of anilines is 1. The van der Waals surface area contributed by atoms with E-state index in [0.717, 1.165) is 12.0 Å². The van der Waals surface area contributed by atoms with Gasteiger partial charge in [0.1, 0.15) is 18.5 Å². The number of carbonyl (C=O) groups excluding carboxylic acids is 1. The normalized spacial score (nSPS) is 20.2. The van der Waals surface area contributed by atoms with Gasteiger partial charge in [-0.05, 0) is 48.4 Å². The molecule has 3 N–H and O–H groups in total. The van der Waals surface area contributed by atoms with Crippen molar-refractivity contribution in [3.63, 3.8) is 0 Å². The van der Waals surface area contributed by atoms with Crippen LogP contribution in [0.4, 0.5) is 10.5 Å². The molecule has 0 saturated carbocycles. The topological polar surface area (TPSA) is 101 Å². The third-order valence-electron chi connectivity index (χ3n) is 5.16. The fourth-order valence-corrected chi connectivity index (χ4v) is 3.73. The lowest BCUT2D eigenvalue weighted by atomic mass is 10.0. The molecule has 0 bridgehead atoms. The third-order valence-corrected chi connectivity index (χ3v) is 5.41. The predicted molar refractivity (Wildman–Crippen MR) is 121 cm³/mol. The number of imidazole rings is 1. The fourth-order valence-electron chi connectivity index (χ4n) is 3.60. The van der Waals surface area contributed by atoms with Crippen molar-refractivity contribution in [2.24, 2.45) is 5.73 Å². The number of nitrogens with one attached hydrogen (secondary N) is 1. The van der Waals surface area contributed by atoms with Crippen molar-refractivity contribution < 1.29 is 19.0 Å². The van der Waals surface area contributed by atoms with Crippen molar-refractivity contribution in [3.8, 4) is 5.75 Å². The summed E-state index contributed by atoms with van der Waals surface area (Å²) in [6.45, 7) is 1.30. The summed E-state index contributed by atoms with van der Waals surface area (Å²) in [5, 5.41) is 3.23. The van der Waals surface area contributed by atoms with Gasteiger partial charge >= 0.3 is 6.03 Å². The number of nitrogens with two attached hydrogens (primary N) is 1. The molecule has 0 radical (unpaired) electrons. The van der Waals surface area contributed by atoms with Crippen LogP contribution in [0.5, 0.6) is 5.75 Å². The molecular weight excluding hydrogens is 432 g/mol. The van der Waals surface area contributed by atoms with E-state index in [1.807, 2.05) is 35.0 Å². The van der Waals surface area contributed by atoms with Gasteiger partial charge in [-0.2, -0.15) is 0 Å². The summed E-state index contributed by atoms with van der Waals surface area (Å²) in [6, 6.07) is 14.2. The highest BCUT2D eigenvalue weighted by molar-refractivity contribution is 6.30. The minimum atomic E-state index is -0.774. The molecule has 2 atom stereocenters. The molecule has 4 rings (SSSR count). The minimum Gasteiger partial charge on any atom is -0.491 e. The van der Waals surface area contributed by atoms with Crippen LogP contribution in [0.3, 0.4) is 0 Å². The molecule has 9 heteroatoms. The second kappa shape index (κ2) is 10.0. The molecule has 2 heterocycles. The lowest BCUT2D eigenvalue weighted by Gasteiger charge is -2.28. The Bertz CT molecular complexity index is 1010. The summed E-state index contributed by atoms with van der Waals surface area (Å²) in [4.78, 5) is 15.0. The van der Waals surface area contributed by atoms with Gasteiger partial charge in [0.2, 0.25) is 0 Å². The number of aryl methyl sites for hydroxylation is 1. The van der Waals surface area contributed by atoms with Gasteiger partial charge in [-0.3, -0.25) is 0 Å². The maximum absolute atomic E-state index is 10.9. The summed E-state index contributed by atoms with van der Waals surface area (Å²) in [6.07, 6.45) is 6.63. The zero-order valence-corrected chi connectivity index (χ0v) is 18.2. The quantitative estimate of drug-likeness (QED) is 0.509. The first kappa shape index (κ1) is 22.1. The van der Waals surface area contributed by atoms with Crippen LogP contribution in [-0.4, -0.2) is 40.7 Å². The highest BCUT2D eigenvalue weighted by Crippen LogP contribution is 2.31. The summed E-state index contributed by atoms with van der Waals surface area (Å²) in [5.74, 6) is -0.110. The van der Waals surface area contributed by atoms with Gasteiger partial charge in [0, 0.05) is 29.5 Å². The number of urea groups is 1. The van der Waals surface area contributed by atoms with Gasteiger partial charge in [0.25, 0.3) is 0 Å². The van der Waals surface area contributed by atoms with E-state index in [1.165, 1.54) is 0 Å². The Balaban J connectivity index is 1.36. The van der Waals surface area contributed by atoms with E-state index in [2.05, 4.69) is 10.3 Å². The standard InChI is InChI=1S/C23H25ClN4O4/c24-18-3-1-17(2-4-18)9-10-23(15-28-12-11-26-16-28)31-14-21(32-23)13-30-20-7-5-19(6-8-20)27-22(25)29/h1-8,11-12,16,21H,9-10,13-15H2,(H3,25,27,29). The van der Waals surface area contributed by atoms with Crippen LogP contribution in [0.15, 0.2) is 67.3 Å². The van der Waals surface area contributed by atoms with Crippen LogP contribution in [0.1, 0.15) is 12.0 Å². The van der Waals surface area contributed by atoms with Crippen LogP contribution < -0.4 is 15.8 Å². The summed E-state index contributed by atoms with van der Waals surface area (Å²) in [5.41, 5.74) is 6.89. The zero-order chi connectivity index (χ0) is 22.4. The number of carbonyl (C=O) groups is 1. The lowest BCUT2D eigenvalue weighted by Crippen LogP contribution is -2.37. The molecule has 1 fully saturated rings. The van der Waals surface area contributed by atoms with Crippen molar-refractivity contribution >= 4 is 23.3 Å². The van der Waals surface area contributed by atoms with Crippen LogP contribution in [0.2, 0.25) is 5.02 Å². The summed E-state index contributed by atoms with van der Waals surface area (Å²) >= 11 is 6.00. The Labute approximate surface area is 191 Å². The second-order valence-corrected chi connectivity index (χ2v) is 8.08. The van der Waals surface area contributed by atoms with Crippen molar-refractivity contribution in [1.29, 1.82) is 0 Å². The number of hydrogen-bond acceptors (Lipinski definition) is 5. The van der Waals surface area contributed by atoms with Crippen molar-refractivity contribution in [2.75, 3.05) is 18.5 Å². The van der Waals surface area contributed by atoms with E-state index in [4.69, 9.17) is 31.5 Å². The number of nitrogens with zero attached hydrogens (tertiary/aromatic N) is 2. The van der Waals surface area contributed by atoms with Gasteiger partial charge in [-0.25, -0.2) is 9.78 Å². The van der Waals surface area contributed by atoms with E-state index < -0.39 is 11.8 Å². The van der Waals surface area contributed by atoms with Crippen LogP contribution in [0, 0.1) is 0 Å². The first-order chi connectivity index (χ1) is 15.5. The molecule has 3 aromatic rings. The lowest BCUT2D eigenvalue weighted by molar-refractivity contribution is -0.184. The molecule has 1 aromatic heterocycles. The molecule has 0 aliphatic carbocycles.